The van der Waals surface area contributed by atoms with E-state index in [0.29, 0.717) is 11.3 Å². The number of rotatable bonds is 6. The minimum atomic E-state index is -0.470. The van der Waals surface area contributed by atoms with E-state index >= 15 is 0 Å². The SMILES string of the molecule is C=C(C)C(=O)OCCN(C(=O)c1cc[nH]n1)c1cc(C)cc(C)c1. The van der Waals surface area contributed by atoms with Crippen molar-refractivity contribution in [1.29, 1.82) is 0 Å². The highest BCUT2D eigenvalue weighted by Gasteiger charge is 2.20. The fourth-order valence-corrected chi connectivity index (χ4v) is 2.32. The van der Waals surface area contributed by atoms with Gasteiger partial charge in [-0.05, 0) is 50.1 Å². The van der Waals surface area contributed by atoms with Gasteiger partial charge in [-0.15, -0.1) is 0 Å². The Morgan fingerprint density at radius 1 is 1.25 bits per heavy atom. The molecule has 0 spiro atoms. The van der Waals surface area contributed by atoms with E-state index in [9.17, 15) is 9.59 Å². The van der Waals surface area contributed by atoms with Crippen LogP contribution in [-0.4, -0.2) is 35.2 Å². The Labute approximate surface area is 141 Å². The van der Waals surface area contributed by atoms with Crippen LogP contribution in [0.2, 0.25) is 0 Å². The first-order valence-corrected chi connectivity index (χ1v) is 7.61. The van der Waals surface area contributed by atoms with Crippen LogP contribution in [0.1, 0.15) is 28.5 Å². The van der Waals surface area contributed by atoms with Crippen LogP contribution < -0.4 is 4.90 Å². The molecule has 0 unspecified atom stereocenters. The molecule has 1 aromatic carbocycles. The number of ether oxygens (including phenoxy) is 1. The number of carbonyl (C=O) groups is 2. The monoisotopic (exact) mass is 327 g/mol. The number of aromatic amines is 1. The normalized spacial score (nSPS) is 10.3. The summed E-state index contributed by atoms with van der Waals surface area (Å²) in [5.41, 5.74) is 3.46. The van der Waals surface area contributed by atoms with Gasteiger partial charge in [0.1, 0.15) is 12.3 Å². The molecule has 0 aliphatic carbocycles. The lowest BCUT2D eigenvalue weighted by Gasteiger charge is -2.23. The van der Waals surface area contributed by atoms with Crippen LogP contribution in [0.15, 0.2) is 42.6 Å². The van der Waals surface area contributed by atoms with E-state index in [0.717, 1.165) is 16.8 Å². The summed E-state index contributed by atoms with van der Waals surface area (Å²) >= 11 is 0. The predicted octanol–water partition coefficient (Wildman–Crippen LogP) is 2.79. The van der Waals surface area contributed by atoms with Gasteiger partial charge in [0.05, 0.1) is 6.54 Å². The lowest BCUT2D eigenvalue weighted by molar-refractivity contribution is -0.138. The molecule has 0 bridgehead atoms. The van der Waals surface area contributed by atoms with Crippen LogP contribution in [0.4, 0.5) is 5.69 Å². The van der Waals surface area contributed by atoms with Crippen molar-refractivity contribution in [1.82, 2.24) is 10.2 Å². The number of esters is 1. The number of aromatic nitrogens is 2. The molecule has 1 heterocycles. The van der Waals surface area contributed by atoms with Gasteiger partial charge in [-0.3, -0.25) is 9.89 Å². The molecule has 0 aliphatic heterocycles. The molecule has 24 heavy (non-hydrogen) atoms. The van der Waals surface area contributed by atoms with Crippen LogP contribution in [0.25, 0.3) is 0 Å². The molecule has 0 saturated carbocycles. The third kappa shape index (κ3) is 4.32. The van der Waals surface area contributed by atoms with Crippen molar-refractivity contribution in [2.75, 3.05) is 18.1 Å². The Bertz CT molecular complexity index is 731. The van der Waals surface area contributed by atoms with Gasteiger partial charge in [-0.25, -0.2) is 4.79 Å². The van der Waals surface area contributed by atoms with Crippen molar-refractivity contribution in [2.45, 2.75) is 20.8 Å². The van der Waals surface area contributed by atoms with E-state index in [1.165, 1.54) is 0 Å². The Hall–Kier alpha value is -2.89. The molecule has 0 aliphatic rings. The lowest BCUT2D eigenvalue weighted by atomic mass is 10.1. The highest BCUT2D eigenvalue weighted by molar-refractivity contribution is 6.04. The number of carbonyl (C=O) groups excluding carboxylic acids is 2. The van der Waals surface area contributed by atoms with E-state index in [-0.39, 0.29) is 19.1 Å². The molecule has 6 heteroatoms. The van der Waals surface area contributed by atoms with Crippen LogP contribution in [0, 0.1) is 13.8 Å². The fraction of sp³-hybridized carbons (Fsp3) is 0.278. The van der Waals surface area contributed by atoms with E-state index < -0.39 is 5.97 Å². The second-order valence-corrected chi connectivity index (χ2v) is 5.68. The molecule has 0 saturated heterocycles. The molecule has 6 nitrogen and oxygen atoms in total. The van der Waals surface area contributed by atoms with E-state index in [1.807, 2.05) is 32.0 Å². The van der Waals surface area contributed by atoms with Crippen LogP contribution in [-0.2, 0) is 9.53 Å². The molecular weight excluding hydrogens is 306 g/mol. The molecule has 2 rings (SSSR count). The van der Waals surface area contributed by atoms with Gasteiger partial charge in [0.25, 0.3) is 5.91 Å². The summed E-state index contributed by atoms with van der Waals surface area (Å²) in [6.07, 6.45) is 1.59. The van der Waals surface area contributed by atoms with E-state index in [4.69, 9.17) is 4.74 Å². The molecule has 1 N–H and O–H groups in total. The predicted molar refractivity (Wildman–Crippen MR) is 92.0 cm³/mol. The maximum absolute atomic E-state index is 12.7. The average Bonchev–Trinajstić information content (AvgIpc) is 3.04. The molecule has 126 valence electrons. The number of nitrogens with zero attached hydrogens (tertiary/aromatic N) is 2. The second-order valence-electron chi connectivity index (χ2n) is 5.68. The zero-order valence-corrected chi connectivity index (χ0v) is 14.1. The highest BCUT2D eigenvalue weighted by atomic mass is 16.5. The number of amides is 1. The quantitative estimate of drug-likeness (QED) is 0.654. The van der Waals surface area contributed by atoms with E-state index in [1.54, 1.807) is 24.1 Å². The van der Waals surface area contributed by atoms with Crippen LogP contribution in [0.3, 0.4) is 0 Å². The molecule has 0 fully saturated rings. The number of benzene rings is 1. The molecular formula is C18H21N3O3. The fourth-order valence-electron chi connectivity index (χ4n) is 2.32. The summed E-state index contributed by atoms with van der Waals surface area (Å²) in [6, 6.07) is 7.47. The first-order chi connectivity index (χ1) is 11.4. The topological polar surface area (TPSA) is 75.3 Å². The Morgan fingerprint density at radius 3 is 2.46 bits per heavy atom. The van der Waals surface area contributed by atoms with Crippen LogP contribution in [0.5, 0.6) is 0 Å². The number of nitrogens with one attached hydrogen (secondary N) is 1. The highest BCUT2D eigenvalue weighted by Crippen LogP contribution is 2.20. The number of aryl methyl sites for hydroxylation is 2. The number of hydrogen-bond donors (Lipinski definition) is 1. The molecule has 1 amide bonds. The van der Waals surface area contributed by atoms with Gasteiger partial charge in [0.2, 0.25) is 0 Å². The standard InChI is InChI=1S/C18H21N3O3/c1-12(2)18(23)24-8-7-21(17(22)16-5-6-19-20-16)15-10-13(3)9-14(4)11-15/h5-6,9-11H,1,7-8H2,2-4H3,(H,19,20). The minimum Gasteiger partial charge on any atom is -0.460 e. The van der Waals surface area contributed by atoms with Crippen molar-refractivity contribution in [3.05, 3.63) is 59.4 Å². The summed E-state index contributed by atoms with van der Waals surface area (Å²) in [5, 5.41) is 6.58. The van der Waals surface area contributed by atoms with Crippen molar-refractivity contribution >= 4 is 17.6 Å². The van der Waals surface area contributed by atoms with Crippen LogP contribution >= 0.6 is 0 Å². The van der Waals surface area contributed by atoms with Gasteiger partial charge >= 0.3 is 5.97 Å². The Kier molecular flexibility index (Phi) is 5.52. The minimum absolute atomic E-state index is 0.0782. The van der Waals surface area contributed by atoms with Crippen molar-refractivity contribution in [3.63, 3.8) is 0 Å². The summed E-state index contributed by atoms with van der Waals surface area (Å²) in [6.45, 7) is 9.37. The largest absolute Gasteiger partial charge is 0.460 e. The van der Waals surface area contributed by atoms with Crippen molar-refractivity contribution in [3.8, 4) is 0 Å². The van der Waals surface area contributed by atoms with E-state index in [2.05, 4.69) is 16.8 Å². The zero-order valence-electron chi connectivity index (χ0n) is 14.1. The van der Waals surface area contributed by atoms with Gasteiger partial charge in [0.15, 0.2) is 0 Å². The maximum Gasteiger partial charge on any atom is 0.333 e. The van der Waals surface area contributed by atoms with Gasteiger partial charge in [-0.2, -0.15) is 5.10 Å². The van der Waals surface area contributed by atoms with Gasteiger partial charge < -0.3 is 9.64 Å². The number of H-pyrrole nitrogens is 1. The third-order valence-corrected chi connectivity index (χ3v) is 3.38. The Morgan fingerprint density at radius 2 is 1.92 bits per heavy atom. The maximum atomic E-state index is 12.7. The van der Waals surface area contributed by atoms with Gasteiger partial charge in [-0.1, -0.05) is 12.6 Å². The Balaban J connectivity index is 2.22. The zero-order chi connectivity index (χ0) is 17.7. The summed E-state index contributed by atoms with van der Waals surface area (Å²) in [5.74, 6) is -0.727. The smallest absolute Gasteiger partial charge is 0.333 e. The molecule has 1 aromatic heterocycles. The first kappa shape index (κ1) is 17.5. The summed E-state index contributed by atoms with van der Waals surface area (Å²) in [4.78, 5) is 25.8. The summed E-state index contributed by atoms with van der Waals surface area (Å²) < 4.78 is 5.12. The number of anilines is 1. The second kappa shape index (κ2) is 7.59. The molecule has 0 atom stereocenters. The molecule has 0 radical (unpaired) electrons. The third-order valence-electron chi connectivity index (χ3n) is 3.38. The van der Waals surface area contributed by atoms with Crippen molar-refractivity contribution < 1.29 is 14.3 Å². The lowest BCUT2D eigenvalue weighted by Crippen LogP contribution is -2.35. The number of hydrogen-bond acceptors (Lipinski definition) is 4. The molecule has 2 aromatic rings. The summed E-state index contributed by atoms with van der Waals surface area (Å²) in [7, 11) is 0. The van der Waals surface area contributed by atoms with Crippen molar-refractivity contribution in [2.24, 2.45) is 0 Å². The van der Waals surface area contributed by atoms with Gasteiger partial charge in [0, 0.05) is 17.5 Å². The first-order valence-electron chi connectivity index (χ1n) is 7.61. The average molecular weight is 327 g/mol.